The number of halogens is 2. The third kappa shape index (κ3) is 2.73. The average Bonchev–Trinajstić information content (AvgIpc) is 2.51. The zero-order valence-corrected chi connectivity index (χ0v) is 6.63. The molecule has 1 aliphatic heterocycles. The number of aliphatic imine (C=N–C) groups is 1. The quantitative estimate of drug-likeness (QED) is 0.656. The Balaban J connectivity index is 2.16. The predicted molar refractivity (Wildman–Crippen MR) is 41.5 cm³/mol. The molecular weight excluding hydrogens is 166 g/mol. The van der Waals surface area contributed by atoms with Crippen LogP contribution in [-0.2, 0) is 0 Å². The predicted octanol–water partition coefficient (Wildman–Crippen LogP) is 0.394. The van der Waals surface area contributed by atoms with Gasteiger partial charge in [-0.25, -0.2) is 8.78 Å². The van der Waals surface area contributed by atoms with Crippen LogP contribution in [0.1, 0.15) is 12.8 Å². The molecule has 5 heteroatoms. The second kappa shape index (κ2) is 4.35. The van der Waals surface area contributed by atoms with Gasteiger partial charge >= 0.3 is 0 Å². The Morgan fingerprint density at radius 2 is 2.33 bits per heavy atom. The van der Waals surface area contributed by atoms with Crippen molar-refractivity contribution >= 4 is 5.84 Å². The van der Waals surface area contributed by atoms with Crippen LogP contribution >= 0.6 is 0 Å². The molecule has 1 rings (SSSR count). The van der Waals surface area contributed by atoms with Crippen molar-refractivity contribution in [2.45, 2.75) is 25.4 Å². The summed E-state index contributed by atoms with van der Waals surface area (Å²) in [5.41, 5.74) is 0. The van der Waals surface area contributed by atoms with E-state index in [1.807, 2.05) is 0 Å². The van der Waals surface area contributed by atoms with Gasteiger partial charge in [0.05, 0.1) is 5.84 Å². The Morgan fingerprint density at radius 3 is 2.83 bits per heavy atom. The Kier molecular flexibility index (Phi) is 3.40. The molecule has 0 radical (unpaired) electrons. The summed E-state index contributed by atoms with van der Waals surface area (Å²) in [5.74, 6) is 0.731. The highest BCUT2D eigenvalue weighted by Crippen LogP contribution is 2.03. The molecule has 2 N–H and O–H groups in total. The fourth-order valence-corrected chi connectivity index (χ4v) is 0.995. The second-order valence-electron chi connectivity index (χ2n) is 2.71. The number of hydrogen-bond donors (Lipinski definition) is 2. The lowest BCUT2D eigenvalue weighted by atomic mass is 10.3. The summed E-state index contributed by atoms with van der Waals surface area (Å²) in [4.78, 5) is 4.02. The second-order valence-corrected chi connectivity index (χ2v) is 2.71. The van der Waals surface area contributed by atoms with Gasteiger partial charge in [0.15, 0.2) is 0 Å². The molecule has 0 amide bonds. The van der Waals surface area contributed by atoms with E-state index in [2.05, 4.69) is 10.3 Å². The third-order valence-corrected chi connectivity index (χ3v) is 1.68. The maximum atomic E-state index is 11.8. The number of nitrogens with one attached hydrogen (secondary N) is 1. The van der Waals surface area contributed by atoms with Crippen molar-refractivity contribution < 1.29 is 13.9 Å². The van der Waals surface area contributed by atoms with Crippen LogP contribution in [0, 0.1) is 0 Å². The van der Waals surface area contributed by atoms with E-state index in [0.717, 1.165) is 25.2 Å². The number of alkyl halides is 2. The van der Waals surface area contributed by atoms with Crippen LogP contribution in [0.25, 0.3) is 0 Å². The number of rotatable bonds is 3. The van der Waals surface area contributed by atoms with Crippen molar-refractivity contribution in [3.05, 3.63) is 0 Å². The van der Waals surface area contributed by atoms with Gasteiger partial charge in [-0.1, -0.05) is 0 Å². The normalized spacial score (nSPS) is 19.5. The van der Waals surface area contributed by atoms with E-state index in [-0.39, 0.29) is 6.54 Å². The summed E-state index contributed by atoms with van der Waals surface area (Å²) in [6.07, 6.45) is -2.50. The molecule has 1 unspecified atom stereocenters. The van der Waals surface area contributed by atoms with E-state index in [4.69, 9.17) is 5.11 Å². The first-order chi connectivity index (χ1) is 5.70. The number of amidine groups is 1. The fourth-order valence-electron chi connectivity index (χ4n) is 0.995. The van der Waals surface area contributed by atoms with Gasteiger partial charge < -0.3 is 10.4 Å². The largest absolute Gasteiger partial charge is 0.385 e. The Hall–Kier alpha value is -0.710. The van der Waals surface area contributed by atoms with Crippen LogP contribution in [0.5, 0.6) is 0 Å². The maximum absolute atomic E-state index is 11.8. The van der Waals surface area contributed by atoms with Crippen LogP contribution in [0.4, 0.5) is 8.78 Å². The minimum Gasteiger partial charge on any atom is -0.385 e. The number of aliphatic hydroxyl groups is 1. The molecule has 3 nitrogen and oxygen atoms in total. The lowest BCUT2D eigenvalue weighted by molar-refractivity contribution is -0.000937. The maximum Gasteiger partial charge on any atom is 0.265 e. The van der Waals surface area contributed by atoms with Crippen LogP contribution in [0.15, 0.2) is 4.99 Å². The van der Waals surface area contributed by atoms with Gasteiger partial charge in [0.2, 0.25) is 0 Å². The van der Waals surface area contributed by atoms with E-state index in [0.29, 0.717) is 0 Å². The zero-order chi connectivity index (χ0) is 8.97. The van der Waals surface area contributed by atoms with Gasteiger partial charge in [-0.2, -0.15) is 0 Å². The monoisotopic (exact) mass is 178 g/mol. The molecule has 0 fully saturated rings. The first-order valence-electron chi connectivity index (χ1n) is 3.93. The van der Waals surface area contributed by atoms with Gasteiger partial charge in [-0.05, 0) is 6.42 Å². The SMILES string of the molecule is OC(CNC1=NCCC1)C(F)F. The molecule has 0 aromatic heterocycles. The Labute approximate surface area is 69.5 Å². The third-order valence-electron chi connectivity index (χ3n) is 1.68. The highest BCUT2D eigenvalue weighted by Gasteiger charge is 2.17. The molecule has 0 aliphatic carbocycles. The van der Waals surface area contributed by atoms with E-state index in [1.165, 1.54) is 0 Å². The molecule has 0 spiro atoms. The molecule has 12 heavy (non-hydrogen) atoms. The topological polar surface area (TPSA) is 44.6 Å². The zero-order valence-electron chi connectivity index (χ0n) is 6.63. The van der Waals surface area contributed by atoms with Gasteiger partial charge in [-0.3, -0.25) is 4.99 Å². The minimum atomic E-state index is -2.68. The van der Waals surface area contributed by atoms with E-state index in [9.17, 15) is 8.78 Å². The summed E-state index contributed by atoms with van der Waals surface area (Å²) in [6, 6.07) is 0. The van der Waals surface area contributed by atoms with Crippen molar-refractivity contribution in [1.29, 1.82) is 0 Å². The van der Waals surface area contributed by atoms with Gasteiger partial charge in [0.1, 0.15) is 6.10 Å². The molecule has 0 saturated heterocycles. The lowest BCUT2D eigenvalue weighted by Crippen LogP contribution is -2.35. The summed E-state index contributed by atoms with van der Waals surface area (Å²) in [7, 11) is 0. The first kappa shape index (κ1) is 9.38. The van der Waals surface area contributed by atoms with Crippen molar-refractivity contribution in [2.24, 2.45) is 4.99 Å². The van der Waals surface area contributed by atoms with E-state index in [1.54, 1.807) is 0 Å². The molecule has 1 atom stereocenters. The minimum absolute atomic E-state index is 0.115. The molecule has 1 heterocycles. The van der Waals surface area contributed by atoms with Crippen molar-refractivity contribution in [3.8, 4) is 0 Å². The van der Waals surface area contributed by atoms with Gasteiger partial charge in [0.25, 0.3) is 6.43 Å². The number of aliphatic hydroxyl groups excluding tert-OH is 1. The average molecular weight is 178 g/mol. The molecule has 0 aromatic rings. The van der Waals surface area contributed by atoms with Crippen LogP contribution in [-0.4, -0.2) is 36.6 Å². The molecule has 1 aliphatic rings. The highest BCUT2D eigenvalue weighted by molar-refractivity contribution is 5.83. The standard InChI is InChI=1S/C7H12F2N2O/c8-7(9)5(12)4-11-6-2-1-3-10-6/h5,7,12H,1-4H2,(H,10,11). The van der Waals surface area contributed by atoms with Gasteiger partial charge in [-0.15, -0.1) is 0 Å². The number of nitrogens with zero attached hydrogens (tertiary/aromatic N) is 1. The highest BCUT2D eigenvalue weighted by atomic mass is 19.3. The smallest absolute Gasteiger partial charge is 0.265 e. The molecule has 0 aromatic carbocycles. The number of hydrogen-bond acceptors (Lipinski definition) is 3. The van der Waals surface area contributed by atoms with Crippen LogP contribution < -0.4 is 5.32 Å². The van der Waals surface area contributed by atoms with Crippen molar-refractivity contribution in [2.75, 3.05) is 13.1 Å². The van der Waals surface area contributed by atoms with Crippen molar-refractivity contribution in [3.63, 3.8) is 0 Å². The summed E-state index contributed by atoms with van der Waals surface area (Å²) in [5, 5.41) is 11.4. The molecular formula is C7H12F2N2O. The van der Waals surface area contributed by atoms with E-state index < -0.39 is 12.5 Å². The first-order valence-corrected chi connectivity index (χ1v) is 3.93. The van der Waals surface area contributed by atoms with E-state index >= 15 is 0 Å². The van der Waals surface area contributed by atoms with Gasteiger partial charge in [0, 0.05) is 19.5 Å². The Bertz CT molecular complexity index is 173. The Morgan fingerprint density at radius 1 is 1.58 bits per heavy atom. The summed E-state index contributed by atoms with van der Waals surface area (Å²) in [6.45, 7) is 0.642. The lowest BCUT2D eigenvalue weighted by Gasteiger charge is -2.10. The summed E-state index contributed by atoms with van der Waals surface area (Å²) < 4.78 is 23.5. The molecule has 70 valence electrons. The fraction of sp³-hybridized carbons (Fsp3) is 0.857. The molecule has 0 saturated carbocycles. The van der Waals surface area contributed by atoms with Crippen molar-refractivity contribution in [1.82, 2.24) is 5.32 Å². The van der Waals surface area contributed by atoms with Crippen LogP contribution in [0.3, 0.4) is 0 Å². The van der Waals surface area contributed by atoms with Crippen LogP contribution in [0.2, 0.25) is 0 Å². The summed E-state index contributed by atoms with van der Waals surface area (Å²) >= 11 is 0. The molecule has 0 bridgehead atoms.